The maximum Gasteiger partial charge on any atom is 0.171 e. The number of methoxy groups -OCH3 is 1. The molecule has 0 saturated carbocycles. The smallest absolute Gasteiger partial charge is 0.171 e. The quantitative estimate of drug-likeness (QED) is 0.805. The second-order valence-electron chi connectivity index (χ2n) is 4.22. The Labute approximate surface area is 115 Å². The summed E-state index contributed by atoms with van der Waals surface area (Å²) in [5, 5.41) is 0.812. The Hall–Kier alpha value is -1.75. The van der Waals surface area contributed by atoms with Crippen LogP contribution in [0.25, 0.3) is 0 Å². The van der Waals surface area contributed by atoms with Crippen molar-refractivity contribution in [3.05, 3.63) is 45.2 Å². The maximum atomic E-state index is 13.6. The van der Waals surface area contributed by atoms with Gasteiger partial charge in [0.2, 0.25) is 0 Å². The van der Waals surface area contributed by atoms with Crippen molar-refractivity contribution in [1.82, 2.24) is 4.98 Å². The third kappa shape index (κ3) is 2.98. The van der Waals surface area contributed by atoms with Crippen LogP contribution in [0.1, 0.15) is 32.9 Å². The first kappa shape index (κ1) is 13.7. The van der Waals surface area contributed by atoms with Gasteiger partial charge in [-0.05, 0) is 24.6 Å². The number of hydrogen-bond acceptors (Lipinski definition) is 4. The highest BCUT2D eigenvalue weighted by molar-refractivity contribution is 7.13. The zero-order valence-corrected chi connectivity index (χ0v) is 11.8. The SMILES string of the molecule is COc1ccc(Cc2nc(C)c(C(C)=O)s2)cc1F. The number of carbonyl (C=O) groups is 1. The molecule has 1 aromatic heterocycles. The number of aromatic nitrogens is 1. The number of hydrogen-bond donors (Lipinski definition) is 0. The standard InChI is InChI=1S/C14H14FNO2S/c1-8-14(9(2)17)19-13(16-8)7-10-4-5-12(18-3)11(15)6-10/h4-6H,7H2,1-3H3. The van der Waals surface area contributed by atoms with Crippen LogP contribution in [0.2, 0.25) is 0 Å². The first-order chi connectivity index (χ1) is 9.01. The van der Waals surface area contributed by atoms with E-state index in [2.05, 4.69) is 4.98 Å². The highest BCUT2D eigenvalue weighted by Crippen LogP contribution is 2.23. The van der Waals surface area contributed by atoms with E-state index in [4.69, 9.17) is 4.74 Å². The minimum Gasteiger partial charge on any atom is -0.494 e. The summed E-state index contributed by atoms with van der Waals surface area (Å²) in [4.78, 5) is 16.4. The van der Waals surface area contributed by atoms with E-state index >= 15 is 0 Å². The molecule has 2 rings (SSSR count). The number of nitrogens with zero attached hydrogens (tertiary/aromatic N) is 1. The fourth-order valence-corrected chi connectivity index (χ4v) is 2.84. The van der Waals surface area contributed by atoms with Crippen LogP contribution in [0.4, 0.5) is 4.39 Å². The molecule has 0 aliphatic rings. The van der Waals surface area contributed by atoms with Crippen LogP contribution in [0.5, 0.6) is 5.75 Å². The third-order valence-electron chi connectivity index (χ3n) is 2.73. The highest BCUT2D eigenvalue weighted by Gasteiger charge is 2.12. The number of benzene rings is 1. The Morgan fingerprint density at radius 1 is 1.47 bits per heavy atom. The second-order valence-corrected chi connectivity index (χ2v) is 5.31. The summed E-state index contributed by atoms with van der Waals surface area (Å²) in [7, 11) is 1.43. The molecule has 0 spiro atoms. The second kappa shape index (κ2) is 5.48. The molecule has 0 bridgehead atoms. The number of aryl methyl sites for hydroxylation is 1. The lowest BCUT2D eigenvalue weighted by molar-refractivity contribution is 0.102. The minimum absolute atomic E-state index is 0.0159. The number of carbonyl (C=O) groups excluding carboxylic acids is 1. The van der Waals surface area contributed by atoms with Gasteiger partial charge in [0.1, 0.15) is 0 Å². The molecule has 0 saturated heterocycles. The van der Waals surface area contributed by atoms with E-state index in [0.717, 1.165) is 16.3 Å². The molecule has 1 aromatic carbocycles. The average Bonchev–Trinajstić information content (AvgIpc) is 2.70. The van der Waals surface area contributed by atoms with Crippen molar-refractivity contribution < 1.29 is 13.9 Å². The zero-order chi connectivity index (χ0) is 14.0. The first-order valence-electron chi connectivity index (χ1n) is 5.81. The summed E-state index contributed by atoms with van der Waals surface area (Å²) in [5.74, 6) is -0.147. The first-order valence-corrected chi connectivity index (χ1v) is 6.62. The van der Waals surface area contributed by atoms with Gasteiger partial charge in [-0.3, -0.25) is 4.79 Å². The Bertz CT molecular complexity index is 622. The molecule has 0 aliphatic carbocycles. The molecule has 0 fully saturated rings. The van der Waals surface area contributed by atoms with Gasteiger partial charge in [-0.25, -0.2) is 9.37 Å². The fourth-order valence-electron chi connectivity index (χ4n) is 1.85. The summed E-state index contributed by atoms with van der Waals surface area (Å²) in [5.41, 5.74) is 1.55. The van der Waals surface area contributed by atoms with Crippen LogP contribution in [0.15, 0.2) is 18.2 Å². The number of thiazole rings is 1. The van der Waals surface area contributed by atoms with E-state index in [9.17, 15) is 9.18 Å². The summed E-state index contributed by atoms with van der Waals surface area (Å²) >= 11 is 1.36. The van der Waals surface area contributed by atoms with Gasteiger partial charge in [0.25, 0.3) is 0 Å². The number of ketones is 1. The van der Waals surface area contributed by atoms with E-state index in [0.29, 0.717) is 11.3 Å². The number of Topliss-reactive ketones (excluding diaryl/α,β-unsaturated/α-hetero) is 1. The molecule has 3 nitrogen and oxygen atoms in total. The average molecular weight is 279 g/mol. The van der Waals surface area contributed by atoms with Crippen LogP contribution < -0.4 is 4.74 Å². The molecule has 100 valence electrons. The molecule has 0 radical (unpaired) electrons. The van der Waals surface area contributed by atoms with Gasteiger partial charge < -0.3 is 4.74 Å². The molecule has 0 atom stereocenters. The fraction of sp³-hybridized carbons (Fsp3) is 0.286. The van der Waals surface area contributed by atoms with Gasteiger partial charge in [0.15, 0.2) is 17.3 Å². The highest BCUT2D eigenvalue weighted by atomic mass is 32.1. The number of halogens is 1. The lowest BCUT2D eigenvalue weighted by Gasteiger charge is -2.03. The van der Waals surface area contributed by atoms with Crippen LogP contribution in [0.3, 0.4) is 0 Å². The van der Waals surface area contributed by atoms with Crippen LogP contribution in [0, 0.1) is 12.7 Å². The van der Waals surface area contributed by atoms with Crippen molar-refractivity contribution in [1.29, 1.82) is 0 Å². The van der Waals surface area contributed by atoms with Gasteiger partial charge in [-0.1, -0.05) is 6.07 Å². The summed E-state index contributed by atoms with van der Waals surface area (Å²) < 4.78 is 18.4. The topological polar surface area (TPSA) is 39.2 Å². The van der Waals surface area contributed by atoms with Gasteiger partial charge in [-0.15, -0.1) is 11.3 Å². The molecule has 19 heavy (non-hydrogen) atoms. The van der Waals surface area contributed by atoms with Gasteiger partial charge >= 0.3 is 0 Å². The summed E-state index contributed by atoms with van der Waals surface area (Å²) in [6.07, 6.45) is 0.514. The molecule has 0 aliphatic heterocycles. The van der Waals surface area contributed by atoms with Gasteiger partial charge in [0, 0.05) is 13.3 Å². The molecular weight excluding hydrogens is 265 g/mol. The Morgan fingerprint density at radius 3 is 2.74 bits per heavy atom. The maximum absolute atomic E-state index is 13.6. The summed E-state index contributed by atoms with van der Waals surface area (Å²) in [6, 6.07) is 4.83. The molecule has 0 unspecified atom stereocenters. The molecule has 0 amide bonds. The predicted octanol–water partition coefficient (Wildman–Crippen LogP) is 3.39. The van der Waals surface area contributed by atoms with Crippen molar-refractivity contribution in [3.63, 3.8) is 0 Å². The summed E-state index contributed by atoms with van der Waals surface area (Å²) in [6.45, 7) is 3.34. The molecule has 1 heterocycles. The Balaban J connectivity index is 2.24. The number of rotatable bonds is 4. The van der Waals surface area contributed by atoms with Crippen molar-refractivity contribution in [3.8, 4) is 5.75 Å². The third-order valence-corrected chi connectivity index (χ3v) is 3.99. The monoisotopic (exact) mass is 279 g/mol. The Kier molecular flexibility index (Phi) is 3.95. The molecule has 2 aromatic rings. The van der Waals surface area contributed by atoms with Crippen molar-refractivity contribution >= 4 is 17.1 Å². The van der Waals surface area contributed by atoms with E-state index in [-0.39, 0.29) is 17.3 Å². The normalized spacial score (nSPS) is 10.5. The molecular formula is C14H14FNO2S. The number of ether oxygens (including phenoxy) is 1. The van der Waals surface area contributed by atoms with E-state index in [1.807, 2.05) is 6.92 Å². The van der Waals surface area contributed by atoms with Crippen LogP contribution in [-0.4, -0.2) is 17.9 Å². The van der Waals surface area contributed by atoms with Crippen LogP contribution >= 0.6 is 11.3 Å². The zero-order valence-electron chi connectivity index (χ0n) is 11.0. The van der Waals surface area contributed by atoms with Crippen molar-refractivity contribution in [2.45, 2.75) is 20.3 Å². The van der Waals surface area contributed by atoms with Crippen molar-refractivity contribution in [2.24, 2.45) is 0 Å². The van der Waals surface area contributed by atoms with E-state index < -0.39 is 0 Å². The molecule has 5 heteroatoms. The Morgan fingerprint density at radius 2 is 2.21 bits per heavy atom. The minimum atomic E-state index is -0.389. The largest absolute Gasteiger partial charge is 0.494 e. The van der Waals surface area contributed by atoms with Gasteiger partial charge in [0.05, 0.1) is 22.7 Å². The van der Waals surface area contributed by atoms with Crippen LogP contribution in [-0.2, 0) is 6.42 Å². The van der Waals surface area contributed by atoms with E-state index in [1.54, 1.807) is 12.1 Å². The lowest BCUT2D eigenvalue weighted by atomic mass is 10.1. The molecule has 0 N–H and O–H groups in total. The van der Waals surface area contributed by atoms with Crippen molar-refractivity contribution in [2.75, 3.05) is 7.11 Å². The lowest BCUT2D eigenvalue weighted by Crippen LogP contribution is -1.92. The van der Waals surface area contributed by atoms with Gasteiger partial charge in [-0.2, -0.15) is 0 Å². The predicted molar refractivity (Wildman–Crippen MR) is 72.6 cm³/mol. The van der Waals surface area contributed by atoms with E-state index in [1.165, 1.54) is 31.4 Å².